The van der Waals surface area contributed by atoms with Gasteiger partial charge in [-0.05, 0) is 83.5 Å². The van der Waals surface area contributed by atoms with Crippen LogP contribution in [0.3, 0.4) is 0 Å². The number of carbonyl (C=O) groups excluding carboxylic acids is 3. The Labute approximate surface area is 370 Å². The van der Waals surface area contributed by atoms with E-state index in [0.29, 0.717) is 19.3 Å². The molecule has 0 heterocycles. The molecule has 0 aromatic rings. The van der Waals surface area contributed by atoms with Crippen LogP contribution in [0.25, 0.3) is 0 Å². The third-order valence-electron chi connectivity index (χ3n) is 10.5. The SMILES string of the molecule is CC\C=C/C=C\C=C/CCCCCCCCCC(=O)OC(COC(=O)CCCCC/C=C\C=C/CCCCCCCCC)COC(=O)CCCCCCC/C=C\CCCC. The normalized spacial score (nSPS) is 12.7. The third-order valence-corrected chi connectivity index (χ3v) is 10.5. The van der Waals surface area contributed by atoms with Gasteiger partial charge in [0, 0.05) is 19.3 Å². The van der Waals surface area contributed by atoms with Crippen LogP contribution in [0.1, 0.15) is 233 Å². The zero-order valence-corrected chi connectivity index (χ0v) is 39.2. The largest absolute Gasteiger partial charge is 0.462 e. The summed E-state index contributed by atoms with van der Waals surface area (Å²) < 4.78 is 16.7. The van der Waals surface area contributed by atoms with Crippen LogP contribution in [0.4, 0.5) is 0 Å². The van der Waals surface area contributed by atoms with E-state index >= 15 is 0 Å². The molecule has 0 aliphatic heterocycles. The molecule has 1 unspecified atom stereocenters. The minimum absolute atomic E-state index is 0.0938. The number of carbonyl (C=O) groups is 3. The summed E-state index contributed by atoms with van der Waals surface area (Å²) >= 11 is 0. The van der Waals surface area contributed by atoms with Crippen LogP contribution in [0.5, 0.6) is 0 Å². The fourth-order valence-electron chi connectivity index (χ4n) is 6.71. The Hall–Kier alpha value is -3.15. The summed E-state index contributed by atoms with van der Waals surface area (Å²) in [6.07, 6.45) is 60.3. The van der Waals surface area contributed by atoms with E-state index in [1.54, 1.807) is 0 Å². The average Bonchev–Trinajstić information content (AvgIpc) is 3.24. The fraction of sp³-hybridized carbons (Fsp3) is 0.722. The smallest absolute Gasteiger partial charge is 0.306 e. The van der Waals surface area contributed by atoms with E-state index in [1.165, 1.54) is 103 Å². The van der Waals surface area contributed by atoms with Crippen molar-refractivity contribution in [3.8, 4) is 0 Å². The molecule has 0 rings (SSSR count). The topological polar surface area (TPSA) is 78.9 Å². The summed E-state index contributed by atoms with van der Waals surface area (Å²) in [5.74, 6) is -0.943. The fourth-order valence-corrected chi connectivity index (χ4v) is 6.71. The van der Waals surface area contributed by atoms with E-state index in [1.807, 2.05) is 0 Å². The second-order valence-corrected chi connectivity index (χ2v) is 16.4. The Balaban J connectivity index is 4.44. The maximum absolute atomic E-state index is 12.8. The number of rotatable bonds is 44. The van der Waals surface area contributed by atoms with Gasteiger partial charge in [-0.1, -0.05) is 203 Å². The van der Waals surface area contributed by atoms with E-state index < -0.39 is 6.10 Å². The van der Waals surface area contributed by atoms with Crippen molar-refractivity contribution in [2.24, 2.45) is 0 Å². The van der Waals surface area contributed by atoms with Crippen LogP contribution >= 0.6 is 0 Å². The van der Waals surface area contributed by atoms with Gasteiger partial charge in [0.05, 0.1) is 0 Å². The first-order chi connectivity index (χ1) is 29.5. The molecule has 6 heteroatoms. The predicted molar refractivity (Wildman–Crippen MR) is 256 cm³/mol. The zero-order valence-electron chi connectivity index (χ0n) is 39.2. The highest BCUT2D eigenvalue weighted by Gasteiger charge is 2.19. The number of hydrogen-bond donors (Lipinski definition) is 0. The monoisotopic (exact) mass is 837 g/mol. The molecule has 0 N–H and O–H groups in total. The van der Waals surface area contributed by atoms with Crippen molar-refractivity contribution in [3.05, 3.63) is 72.9 Å². The Kier molecular flexibility index (Phi) is 46.0. The van der Waals surface area contributed by atoms with Gasteiger partial charge >= 0.3 is 17.9 Å². The minimum atomic E-state index is -0.794. The summed E-state index contributed by atoms with van der Waals surface area (Å²) in [4.78, 5) is 37.9. The van der Waals surface area contributed by atoms with Crippen molar-refractivity contribution in [1.29, 1.82) is 0 Å². The van der Waals surface area contributed by atoms with Gasteiger partial charge in [0.15, 0.2) is 6.10 Å². The van der Waals surface area contributed by atoms with Crippen molar-refractivity contribution < 1.29 is 28.6 Å². The second-order valence-electron chi connectivity index (χ2n) is 16.4. The van der Waals surface area contributed by atoms with E-state index in [4.69, 9.17) is 14.2 Å². The maximum atomic E-state index is 12.8. The average molecular weight is 837 g/mol. The molecule has 0 saturated carbocycles. The lowest BCUT2D eigenvalue weighted by Crippen LogP contribution is -2.30. The lowest BCUT2D eigenvalue weighted by molar-refractivity contribution is -0.167. The lowest BCUT2D eigenvalue weighted by Gasteiger charge is -2.18. The van der Waals surface area contributed by atoms with E-state index in [0.717, 1.165) is 89.9 Å². The van der Waals surface area contributed by atoms with Crippen molar-refractivity contribution in [2.45, 2.75) is 239 Å². The predicted octanol–water partition coefficient (Wildman–Crippen LogP) is 16.3. The Bertz CT molecular complexity index is 1140. The molecule has 1 atom stereocenters. The second kappa shape index (κ2) is 48.5. The van der Waals surface area contributed by atoms with Crippen molar-refractivity contribution >= 4 is 17.9 Å². The lowest BCUT2D eigenvalue weighted by atomic mass is 10.1. The summed E-state index contributed by atoms with van der Waals surface area (Å²) in [5, 5.41) is 0. The quantitative estimate of drug-likeness (QED) is 0.0200. The van der Waals surface area contributed by atoms with Gasteiger partial charge < -0.3 is 14.2 Å². The van der Waals surface area contributed by atoms with Gasteiger partial charge in [-0.2, -0.15) is 0 Å². The molecule has 0 spiro atoms. The Morgan fingerprint density at radius 3 is 1.13 bits per heavy atom. The number of unbranched alkanes of at least 4 members (excludes halogenated alkanes) is 24. The summed E-state index contributed by atoms with van der Waals surface area (Å²) in [7, 11) is 0. The van der Waals surface area contributed by atoms with E-state index in [2.05, 4.69) is 93.7 Å². The molecule has 0 saturated heterocycles. The summed E-state index contributed by atoms with van der Waals surface area (Å²) in [5.41, 5.74) is 0. The van der Waals surface area contributed by atoms with Gasteiger partial charge in [0.25, 0.3) is 0 Å². The molecule has 0 aromatic heterocycles. The van der Waals surface area contributed by atoms with Gasteiger partial charge in [-0.25, -0.2) is 0 Å². The Morgan fingerprint density at radius 2 is 0.683 bits per heavy atom. The molecule has 0 aliphatic carbocycles. The molecule has 0 aromatic carbocycles. The highest BCUT2D eigenvalue weighted by molar-refractivity contribution is 5.71. The zero-order chi connectivity index (χ0) is 43.7. The standard InChI is InChI=1S/C54H92O6/c1-4-7-10-13-16-19-22-24-26-28-29-32-35-38-41-44-47-53(56)59-50-51(49-58-52(55)46-43-40-37-34-31-21-18-15-12-9-6-3)60-54(57)48-45-42-39-36-33-30-27-25-23-20-17-14-11-8-5-2/h8,11,14-15,17-18,20,23,26,28-29,32,51H,4-7,9-10,12-13,16,19,21-22,24-25,27,30-31,33-50H2,1-3H3/b11-8-,17-14-,18-15-,23-20-,28-26-,32-29-. The first kappa shape index (κ1) is 56.9. The molecule has 0 amide bonds. The first-order valence-corrected chi connectivity index (χ1v) is 25.0. The molecule has 0 bridgehead atoms. The van der Waals surface area contributed by atoms with Gasteiger partial charge in [-0.3, -0.25) is 14.4 Å². The van der Waals surface area contributed by atoms with Crippen molar-refractivity contribution in [2.75, 3.05) is 13.2 Å². The highest BCUT2D eigenvalue weighted by atomic mass is 16.6. The van der Waals surface area contributed by atoms with E-state index in [-0.39, 0.29) is 31.1 Å². The number of allylic oxidation sites excluding steroid dienone is 12. The van der Waals surface area contributed by atoms with Crippen LogP contribution < -0.4 is 0 Å². The molecule has 344 valence electrons. The van der Waals surface area contributed by atoms with E-state index in [9.17, 15) is 14.4 Å². The first-order valence-electron chi connectivity index (χ1n) is 25.0. The Morgan fingerprint density at radius 1 is 0.350 bits per heavy atom. The number of ether oxygens (including phenoxy) is 3. The van der Waals surface area contributed by atoms with Gasteiger partial charge in [-0.15, -0.1) is 0 Å². The molecular formula is C54H92O6. The molecule has 0 aliphatic rings. The van der Waals surface area contributed by atoms with Crippen LogP contribution in [0.2, 0.25) is 0 Å². The summed E-state index contributed by atoms with van der Waals surface area (Å²) in [6, 6.07) is 0. The molecular weight excluding hydrogens is 745 g/mol. The van der Waals surface area contributed by atoms with Crippen molar-refractivity contribution in [1.82, 2.24) is 0 Å². The van der Waals surface area contributed by atoms with Gasteiger partial charge in [0.2, 0.25) is 0 Å². The maximum Gasteiger partial charge on any atom is 0.306 e. The molecule has 6 nitrogen and oxygen atoms in total. The van der Waals surface area contributed by atoms with Crippen LogP contribution in [0.15, 0.2) is 72.9 Å². The van der Waals surface area contributed by atoms with Crippen molar-refractivity contribution in [3.63, 3.8) is 0 Å². The number of esters is 3. The summed E-state index contributed by atoms with van der Waals surface area (Å²) in [6.45, 7) is 6.42. The molecule has 0 fully saturated rings. The minimum Gasteiger partial charge on any atom is -0.462 e. The van der Waals surface area contributed by atoms with Gasteiger partial charge in [0.1, 0.15) is 13.2 Å². The number of hydrogen-bond acceptors (Lipinski definition) is 6. The van der Waals surface area contributed by atoms with Crippen LogP contribution in [-0.2, 0) is 28.6 Å². The molecule has 60 heavy (non-hydrogen) atoms. The van der Waals surface area contributed by atoms with Crippen LogP contribution in [0, 0.1) is 0 Å². The molecule has 0 radical (unpaired) electrons. The third kappa shape index (κ3) is 45.9. The van der Waals surface area contributed by atoms with Crippen LogP contribution in [-0.4, -0.2) is 37.2 Å². The highest BCUT2D eigenvalue weighted by Crippen LogP contribution is 2.14.